The van der Waals surface area contributed by atoms with E-state index in [1.807, 2.05) is 12.1 Å². The summed E-state index contributed by atoms with van der Waals surface area (Å²) >= 11 is 0. The lowest BCUT2D eigenvalue weighted by atomic mass is 10.1. The first-order chi connectivity index (χ1) is 10.2. The van der Waals surface area contributed by atoms with Crippen LogP contribution < -0.4 is 11.1 Å². The lowest BCUT2D eigenvalue weighted by Gasteiger charge is -2.10. The quantitative estimate of drug-likeness (QED) is 0.329. The van der Waals surface area contributed by atoms with Gasteiger partial charge in [0.1, 0.15) is 5.69 Å². The summed E-state index contributed by atoms with van der Waals surface area (Å²) in [5.41, 5.74) is 9.37. The summed E-state index contributed by atoms with van der Waals surface area (Å²) in [4.78, 5) is 4.14. The summed E-state index contributed by atoms with van der Waals surface area (Å²) in [6.07, 6.45) is 3.86. The van der Waals surface area contributed by atoms with Crippen LogP contribution in [0.25, 0.3) is 0 Å². The van der Waals surface area contributed by atoms with E-state index >= 15 is 0 Å². The summed E-state index contributed by atoms with van der Waals surface area (Å²) in [5.74, 6) is 0.0192. The molecule has 0 fully saturated rings. The molecule has 1 aromatic heterocycles. The molecule has 0 aliphatic heterocycles. The Morgan fingerprint density at radius 3 is 2.71 bits per heavy atom. The molecule has 0 bridgehead atoms. The van der Waals surface area contributed by atoms with Crippen LogP contribution in [0.15, 0.2) is 47.8 Å². The maximum absolute atomic E-state index is 8.78. The topological polar surface area (TPSA) is 83.5 Å². The van der Waals surface area contributed by atoms with Crippen LogP contribution in [-0.4, -0.2) is 16.0 Å². The van der Waals surface area contributed by atoms with Crippen LogP contribution in [0, 0.1) is 0 Å². The van der Waals surface area contributed by atoms with E-state index in [2.05, 4.69) is 46.6 Å². The monoisotopic (exact) mass is 284 g/mol. The lowest BCUT2D eigenvalue weighted by Crippen LogP contribution is -2.18. The number of anilines is 1. The number of hydrogen-bond donors (Lipinski definition) is 3. The van der Waals surface area contributed by atoms with Gasteiger partial charge < -0.3 is 16.3 Å². The Kier molecular flexibility index (Phi) is 5.15. The van der Waals surface area contributed by atoms with Crippen molar-refractivity contribution in [3.63, 3.8) is 0 Å². The molecular weight excluding hydrogens is 264 g/mol. The number of nitrogens with one attached hydrogen (secondary N) is 1. The van der Waals surface area contributed by atoms with Gasteiger partial charge in [0.05, 0.1) is 0 Å². The molecule has 0 saturated carbocycles. The Labute approximate surface area is 124 Å². The Bertz CT molecular complexity index is 608. The second-order valence-electron chi connectivity index (χ2n) is 4.80. The van der Waals surface area contributed by atoms with Crippen molar-refractivity contribution in [3.8, 4) is 0 Å². The van der Waals surface area contributed by atoms with Crippen LogP contribution in [0.1, 0.15) is 30.2 Å². The summed E-state index contributed by atoms with van der Waals surface area (Å²) in [6, 6.07) is 12.1. The highest BCUT2D eigenvalue weighted by Crippen LogP contribution is 2.13. The van der Waals surface area contributed by atoms with Gasteiger partial charge in [0.2, 0.25) is 0 Å². The number of amidine groups is 1. The van der Waals surface area contributed by atoms with Gasteiger partial charge in [-0.05, 0) is 30.2 Å². The molecule has 0 unspecified atom stereocenters. The molecule has 2 aromatic rings. The van der Waals surface area contributed by atoms with Gasteiger partial charge in [0, 0.05) is 24.0 Å². The molecule has 0 aliphatic carbocycles. The molecule has 0 atom stereocenters. The fourth-order valence-corrected chi connectivity index (χ4v) is 2.13. The second kappa shape index (κ2) is 7.28. The molecule has 0 spiro atoms. The standard InChI is InChI=1S/C16H20N4O/c1-2-4-12-6-8-14(9-7-12)19-11-13-5-3-10-18-15(13)16(17)20-21/h3,5-10,19,21H,2,4,11H2,1H3,(H2,17,20). The minimum atomic E-state index is 0.0192. The van der Waals surface area contributed by atoms with Crippen LogP contribution in [0.2, 0.25) is 0 Å². The Balaban J connectivity index is 2.06. The molecule has 0 aliphatic rings. The molecule has 2 rings (SSSR count). The van der Waals surface area contributed by atoms with Gasteiger partial charge in [-0.2, -0.15) is 0 Å². The molecule has 21 heavy (non-hydrogen) atoms. The number of nitrogens with two attached hydrogens (primary N) is 1. The van der Waals surface area contributed by atoms with Gasteiger partial charge in [-0.15, -0.1) is 0 Å². The van der Waals surface area contributed by atoms with Gasteiger partial charge in [-0.25, -0.2) is 0 Å². The number of rotatable bonds is 6. The van der Waals surface area contributed by atoms with E-state index in [9.17, 15) is 0 Å². The third-order valence-electron chi connectivity index (χ3n) is 3.22. The maximum atomic E-state index is 8.78. The molecule has 110 valence electrons. The number of pyridine rings is 1. The third-order valence-corrected chi connectivity index (χ3v) is 3.22. The average molecular weight is 284 g/mol. The van der Waals surface area contributed by atoms with Gasteiger partial charge >= 0.3 is 0 Å². The molecule has 5 heteroatoms. The number of hydrogen-bond acceptors (Lipinski definition) is 4. The zero-order valence-electron chi connectivity index (χ0n) is 12.1. The van der Waals surface area contributed by atoms with E-state index in [0.717, 1.165) is 24.1 Å². The minimum Gasteiger partial charge on any atom is -0.409 e. The molecule has 0 radical (unpaired) electrons. The zero-order valence-corrected chi connectivity index (χ0v) is 12.1. The molecular formula is C16H20N4O. The SMILES string of the molecule is CCCc1ccc(NCc2cccnc2C(N)=NO)cc1. The lowest BCUT2D eigenvalue weighted by molar-refractivity contribution is 0.318. The van der Waals surface area contributed by atoms with Crippen molar-refractivity contribution < 1.29 is 5.21 Å². The van der Waals surface area contributed by atoms with Crippen molar-refractivity contribution in [2.75, 3.05) is 5.32 Å². The van der Waals surface area contributed by atoms with E-state index < -0.39 is 0 Å². The van der Waals surface area contributed by atoms with Crippen molar-refractivity contribution >= 4 is 11.5 Å². The number of oxime groups is 1. The fraction of sp³-hybridized carbons (Fsp3) is 0.250. The highest BCUT2D eigenvalue weighted by molar-refractivity contribution is 5.96. The van der Waals surface area contributed by atoms with Crippen molar-refractivity contribution in [1.82, 2.24) is 4.98 Å². The first-order valence-electron chi connectivity index (χ1n) is 6.99. The number of benzene rings is 1. The number of nitrogens with zero attached hydrogens (tertiary/aromatic N) is 2. The predicted octanol–water partition coefficient (Wildman–Crippen LogP) is 2.74. The van der Waals surface area contributed by atoms with Crippen LogP contribution >= 0.6 is 0 Å². The van der Waals surface area contributed by atoms with Gasteiger partial charge in [0.15, 0.2) is 5.84 Å². The predicted molar refractivity (Wildman–Crippen MR) is 84.5 cm³/mol. The van der Waals surface area contributed by atoms with Crippen LogP contribution in [0.3, 0.4) is 0 Å². The average Bonchev–Trinajstić information content (AvgIpc) is 2.54. The normalized spacial score (nSPS) is 11.4. The Morgan fingerprint density at radius 2 is 2.05 bits per heavy atom. The summed E-state index contributed by atoms with van der Waals surface area (Å²) in [6.45, 7) is 2.73. The van der Waals surface area contributed by atoms with Crippen LogP contribution in [-0.2, 0) is 13.0 Å². The highest BCUT2D eigenvalue weighted by atomic mass is 16.4. The van der Waals surface area contributed by atoms with E-state index in [1.165, 1.54) is 5.56 Å². The first-order valence-corrected chi connectivity index (χ1v) is 6.99. The van der Waals surface area contributed by atoms with E-state index in [4.69, 9.17) is 10.9 Å². The first kappa shape index (κ1) is 14.8. The molecule has 4 N–H and O–H groups in total. The molecule has 5 nitrogen and oxygen atoms in total. The van der Waals surface area contributed by atoms with Crippen molar-refractivity contribution in [3.05, 3.63) is 59.4 Å². The third kappa shape index (κ3) is 3.95. The number of aryl methyl sites for hydroxylation is 1. The fourth-order valence-electron chi connectivity index (χ4n) is 2.13. The smallest absolute Gasteiger partial charge is 0.189 e. The highest BCUT2D eigenvalue weighted by Gasteiger charge is 2.07. The van der Waals surface area contributed by atoms with Gasteiger partial charge in [-0.1, -0.05) is 36.7 Å². The van der Waals surface area contributed by atoms with E-state index in [-0.39, 0.29) is 5.84 Å². The van der Waals surface area contributed by atoms with Crippen LogP contribution in [0.4, 0.5) is 5.69 Å². The minimum absolute atomic E-state index is 0.0192. The van der Waals surface area contributed by atoms with Crippen molar-refractivity contribution in [2.45, 2.75) is 26.3 Å². The van der Waals surface area contributed by atoms with Crippen molar-refractivity contribution in [2.24, 2.45) is 10.9 Å². The van der Waals surface area contributed by atoms with Crippen LogP contribution in [0.5, 0.6) is 0 Å². The zero-order chi connectivity index (χ0) is 15.1. The molecule has 1 heterocycles. The van der Waals surface area contributed by atoms with E-state index in [1.54, 1.807) is 6.20 Å². The Hall–Kier alpha value is -2.56. The summed E-state index contributed by atoms with van der Waals surface area (Å²) in [7, 11) is 0. The molecule has 0 amide bonds. The van der Waals surface area contributed by atoms with E-state index in [0.29, 0.717) is 12.2 Å². The molecule has 1 aromatic carbocycles. The van der Waals surface area contributed by atoms with Gasteiger partial charge in [-0.3, -0.25) is 4.98 Å². The second-order valence-corrected chi connectivity index (χ2v) is 4.80. The number of aromatic nitrogens is 1. The van der Waals surface area contributed by atoms with Gasteiger partial charge in [0.25, 0.3) is 0 Å². The maximum Gasteiger partial charge on any atom is 0.189 e. The van der Waals surface area contributed by atoms with Crippen molar-refractivity contribution in [1.29, 1.82) is 0 Å². The Morgan fingerprint density at radius 1 is 1.29 bits per heavy atom. The summed E-state index contributed by atoms with van der Waals surface area (Å²) < 4.78 is 0. The summed E-state index contributed by atoms with van der Waals surface area (Å²) in [5, 5.41) is 15.1. The molecule has 0 saturated heterocycles. The largest absolute Gasteiger partial charge is 0.409 e.